The van der Waals surface area contributed by atoms with Crippen LogP contribution in [-0.2, 0) is 6.42 Å². The lowest BCUT2D eigenvalue weighted by molar-refractivity contribution is -0.479. The van der Waals surface area contributed by atoms with Gasteiger partial charge in [0.15, 0.2) is 0 Å². The summed E-state index contributed by atoms with van der Waals surface area (Å²) < 4.78 is 0. The van der Waals surface area contributed by atoms with E-state index in [4.69, 9.17) is 10.8 Å². The van der Waals surface area contributed by atoms with Crippen LogP contribution in [0.1, 0.15) is 15.9 Å². The number of carboxylic acid groups (broad SMARTS) is 1. The van der Waals surface area contributed by atoms with Crippen LogP contribution in [0.3, 0.4) is 0 Å². The molecule has 0 saturated carbocycles. The van der Waals surface area contributed by atoms with E-state index in [1.54, 1.807) is 0 Å². The van der Waals surface area contributed by atoms with E-state index in [1.165, 1.54) is 18.2 Å². The molecule has 0 atom stereocenters. The number of aromatic carboxylic acids is 1. The predicted octanol–water partition coefficient (Wildman–Crippen LogP) is 0.786. The Morgan fingerprint density at radius 3 is 2.73 bits per heavy atom. The molecule has 0 spiro atoms. The second-order valence-corrected chi connectivity index (χ2v) is 2.98. The monoisotopic (exact) mass is 210 g/mol. The van der Waals surface area contributed by atoms with E-state index >= 15 is 0 Å². The first-order valence-corrected chi connectivity index (χ1v) is 4.25. The molecule has 0 unspecified atom stereocenters. The van der Waals surface area contributed by atoms with Crippen LogP contribution in [0.25, 0.3) is 0 Å². The zero-order valence-corrected chi connectivity index (χ0v) is 7.84. The van der Waals surface area contributed by atoms with Gasteiger partial charge in [-0.15, -0.1) is 0 Å². The quantitative estimate of drug-likeness (QED) is 0.434. The number of nitrogens with zero attached hydrogens (tertiary/aromatic N) is 1. The fourth-order valence-electron chi connectivity index (χ4n) is 1.29. The van der Waals surface area contributed by atoms with Crippen molar-refractivity contribution in [2.45, 2.75) is 6.42 Å². The SMILES string of the molecule is Nc1cccc(C(=O)O)c1CC[N+](=O)[O-]. The van der Waals surface area contributed by atoms with Crippen molar-refractivity contribution in [2.75, 3.05) is 12.3 Å². The van der Waals surface area contributed by atoms with Gasteiger partial charge in [-0.2, -0.15) is 0 Å². The van der Waals surface area contributed by atoms with E-state index in [0.717, 1.165) is 0 Å². The summed E-state index contributed by atoms with van der Waals surface area (Å²) in [6.45, 7) is -0.325. The van der Waals surface area contributed by atoms with Crippen molar-refractivity contribution >= 4 is 11.7 Å². The molecule has 1 rings (SSSR count). The number of nitro groups is 1. The Morgan fingerprint density at radius 2 is 2.20 bits per heavy atom. The highest BCUT2D eigenvalue weighted by Gasteiger charge is 2.14. The molecular weight excluding hydrogens is 200 g/mol. The molecule has 0 aromatic heterocycles. The molecule has 3 N–H and O–H groups in total. The van der Waals surface area contributed by atoms with E-state index in [0.29, 0.717) is 5.56 Å². The molecule has 0 aliphatic carbocycles. The minimum Gasteiger partial charge on any atom is -0.478 e. The highest BCUT2D eigenvalue weighted by atomic mass is 16.6. The van der Waals surface area contributed by atoms with Crippen LogP contribution in [0, 0.1) is 10.1 Å². The molecule has 0 bridgehead atoms. The first-order valence-electron chi connectivity index (χ1n) is 4.25. The van der Waals surface area contributed by atoms with Crippen molar-refractivity contribution in [2.24, 2.45) is 0 Å². The van der Waals surface area contributed by atoms with Gasteiger partial charge in [-0.3, -0.25) is 10.1 Å². The van der Waals surface area contributed by atoms with Crippen LogP contribution < -0.4 is 5.73 Å². The van der Waals surface area contributed by atoms with Crippen LogP contribution in [0.15, 0.2) is 18.2 Å². The Morgan fingerprint density at radius 1 is 1.53 bits per heavy atom. The highest BCUT2D eigenvalue weighted by molar-refractivity contribution is 5.91. The van der Waals surface area contributed by atoms with Crippen molar-refractivity contribution in [1.29, 1.82) is 0 Å². The summed E-state index contributed by atoms with van der Waals surface area (Å²) in [6.07, 6.45) is 0.0291. The molecule has 0 aliphatic heterocycles. The maximum atomic E-state index is 10.8. The molecule has 0 heterocycles. The number of carboxylic acids is 1. The van der Waals surface area contributed by atoms with E-state index in [-0.39, 0.29) is 24.2 Å². The van der Waals surface area contributed by atoms with E-state index in [2.05, 4.69) is 0 Å². The fraction of sp³-hybridized carbons (Fsp3) is 0.222. The zero-order valence-electron chi connectivity index (χ0n) is 7.84. The van der Waals surface area contributed by atoms with Gasteiger partial charge in [-0.05, 0) is 17.7 Å². The predicted molar refractivity (Wildman–Crippen MR) is 53.4 cm³/mol. The highest BCUT2D eigenvalue weighted by Crippen LogP contribution is 2.17. The molecule has 80 valence electrons. The normalized spacial score (nSPS) is 9.87. The van der Waals surface area contributed by atoms with Crippen molar-refractivity contribution in [3.8, 4) is 0 Å². The Hall–Kier alpha value is -2.11. The number of nitrogens with two attached hydrogens (primary N) is 1. The van der Waals surface area contributed by atoms with Crippen molar-refractivity contribution in [3.05, 3.63) is 39.4 Å². The van der Waals surface area contributed by atoms with Gasteiger partial charge in [0.1, 0.15) is 0 Å². The molecule has 0 aliphatic rings. The summed E-state index contributed by atoms with van der Waals surface area (Å²) in [4.78, 5) is 20.5. The number of carbonyl (C=O) groups is 1. The maximum absolute atomic E-state index is 10.8. The van der Waals surface area contributed by atoms with E-state index in [1.807, 2.05) is 0 Å². The molecule has 1 aromatic carbocycles. The lowest BCUT2D eigenvalue weighted by atomic mass is 10.0. The van der Waals surface area contributed by atoms with E-state index in [9.17, 15) is 14.9 Å². The lowest BCUT2D eigenvalue weighted by Gasteiger charge is -2.06. The van der Waals surface area contributed by atoms with Crippen LogP contribution in [0.2, 0.25) is 0 Å². The summed E-state index contributed by atoms with van der Waals surface area (Å²) in [6, 6.07) is 4.42. The van der Waals surface area contributed by atoms with Crippen LogP contribution >= 0.6 is 0 Å². The Kier molecular flexibility index (Phi) is 3.22. The molecule has 0 amide bonds. The number of hydrogen-bond acceptors (Lipinski definition) is 4. The topological polar surface area (TPSA) is 106 Å². The number of anilines is 1. The van der Waals surface area contributed by atoms with Gasteiger partial charge in [-0.1, -0.05) is 6.07 Å². The number of nitrogen functional groups attached to an aromatic ring is 1. The van der Waals surface area contributed by atoms with Crippen LogP contribution in [-0.4, -0.2) is 22.5 Å². The standard InChI is InChI=1S/C9H10N2O4/c10-8-3-1-2-7(9(12)13)6(8)4-5-11(14)15/h1-3H,4-5,10H2,(H,12,13). The van der Waals surface area contributed by atoms with Crippen LogP contribution in [0.4, 0.5) is 5.69 Å². The number of rotatable bonds is 4. The smallest absolute Gasteiger partial charge is 0.336 e. The van der Waals surface area contributed by atoms with Gasteiger partial charge in [0.2, 0.25) is 6.54 Å². The van der Waals surface area contributed by atoms with Gasteiger partial charge < -0.3 is 10.8 Å². The van der Waals surface area contributed by atoms with Gasteiger partial charge in [-0.25, -0.2) is 4.79 Å². The molecule has 15 heavy (non-hydrogen) atoms. The summed E-state index contributed by atoms with van der Waals surface area (Å²) in [5.41, 5.74) is 6.18. The average molecular weight is 210 g/mol. The van der Waals surface area contributed by atoms with Crippen molar-refractivity contribution in [1.82, 2.24) is 0 Å². The summed E-state index contributed by atoms with van der Waals surface area (Å²) in [5, 5.41) is 19.0. The first kappa shape index (κ1) is 11.0. The van der Waals surface area contributed by atoms with Crippen molar-refractivity contribution < 1.29 is 14.8 Å². The van der Waals surface area contributed by atoms with Gasteiger partial charge in [0, 0.05) is 17.0 Å². The molecule has 6 nitrogen and oxygen atoms in total. The fourth-order valence-corrected chi connectivity index (χ4v) is 1.29. The molecule has 0 saturated heterocycles. The summed E-state index contributed by atoms with van der Waals surface area (Å²) >= 11 is 0. The number of benzene rings is 1. The van der Waals surface area contributed by atoms with E-state index < -0.39 is 10.9 Å². The minimum absolute atomic E-state index is 0.0249. The van der Waals surface area contributed by atoms with Gasteiger partial charge in [0.05, 0.1) is 5.56 Å². The average Bonchev–Trinajstić information content (AvgIpc) is 2.15. The van der Waals surface area contributed by atoms with Gasteiger partial charge >= 0.3 is 5.97 Å². The summed E-state index contributed by atoms with van der Waals surface area (Å²) in [7, 11) is 0. The minimum atomic E-state index is -1.12. The Labute approximate surface area is 85.5 Å². The molecular formula is C9H10N2O4. The van der Waals surface area contributed by atoms with Crippen LogP contribution in [0.5, 0.6) is 0 Å². The maximum Gasteiger partial charge on any atom is 0.336 e. The third-order valence-corrected chi connectivity index (χ3v) is 1.99. The first-order chi connectivity index (χ1) is 7.02. The molecule has 1 aromatic rings. The zero-order chi connectivity index (χ0) is 11.4. The third-order valence-electron chi connectivity index (χ3n) is 1.99. The largest absolute Gasteiger partial charge is 0.478 e. The molecule has 0 radical (unpaired) electrons. The second-order valence-electron chi connectivity index (χ2n) is 2.98. The third kappa shape index (κ3) is 2.67. The Bertz CT molecular complexity index is 403. The van der Waals surface area contributed by atoms with Gasteiger partial charge in [0.25, 0.3) is 0 Å². The number of hydrogen-bond donors (Lipinski definition) is 2. The Balaban J connectivity index is 3.02. The molecule has 0 fully saturated rings. The summed E-state index contributed by atoms with van der Waals surface area (Å²) in [5.74, 6) is -1.12. The van der Waals surface area contributed by atoms with Crippen molar-refractivity contribution in [3.63, 3.8) is 0 Å². The molecule has 6 heteroatoms. The lowest BCUT2D eigenvalue weighted by Crippen LogP contribution is -2.11. The second kappa shape index (κ2) is 4.41.